The van der Waals surface area contributed by atoms with Gasteiger partial charge >= 0.3 is 16.7 Å². The van der Waals surface area contributed by atoms with E-state index >= 15 is 0 Å². The maximum atomic E-state index is 6.26. The minimum absolute atomic E-state index is 0.163. The van der Waals surface area contributed by atoms with E-state index in [9.17, 15) is 0 Å². The molecule has 0 fully saturated rings. The van der Waals surface area contributed by atoms with Crippen LogP contribution in [-0.2, 0) is 8.85 Å². The van der Waals surface area contributed by atoms with Gasteiger partial charge in [0.1, 0.15) is 0 Å². The molecular formula is C9H20Cl2O2Si2. The Morgan fingerprint density at radius 1 is 0.933 bits per heavy atom. The zero-order valence-corrected chi connectivity index (χ0v) is 13.5. The van der Waals surface area contributed by atoms with E-state index in [2.05, 4.69) is 6.92 Å². The Morgan fingerprint density at radius 2 is 1.27 bits per heavy atom. The lowest BCUT2D eigenvalue weighted by Gasteiger charge is -2.24. The number of hydrogen-bond acceptors (Lipinski definition) is 2. The fourth-order valence-electron chi connectivity index (χ4n) is 1.02. The molecule has 0 rings (SSSR count). The van der Waals surface area contributed by atoms with Crippen molar-refractivity contribution in [3.63, 3.8) is 0 Å². The van der Waals surface area contributed by atoms with Gasteiger partial charge in [0.05, 0.1) is 0 Å². The maximum absolute atomic E-state index is 6.26. The Morgan fingerprint density at radius 3 is 1.47 bits per heavy atom. The van der Waals surface area contributed by atoms with E-state index in [4.69, 9.17) is 31.0 Å². The van der Waals surface area contributed by atoms with Crippen LogP contribution in [0.2, 0.25) is 5.16 Å². The summed E-state index contributed by atoms with van der Waals surface area (Å²) in [4.78, 5) is 0. The lowest BCUT2D eigenvalue weighted by molar-refractivity contribution is 0.235. The van der Waals surface area contributed by atoms with Crippen LogP contribution in [0.3, 0.4) is 0 Å². The third-order valence-corrected chi connectivity index (χ3v) is 9.74. The van der Waals surface area contributed by atoms with E-state index in [1.807, 2.05) is 27.7 Å². The Kier molecular flexibility index (Phi) is 8.59. The second-order valence-corrected chi connectivity index (χ2v) is 9.80. The van der Waals surface area contributed by atoms with Crippen molar-refractivity contribution in [3.05, 3.63) is 0 Å². The van der Waals surface area contributed by atoms with Gasteiger partial charge in [-0.05, 0) is 27.7 Å². The van der Waals surface area contributed by atoms with E-state index < -0.39 is 16.7 Å². The highest BCUT2D eigenvalue weighted by Crippen LogP contribution is 2.26. The van der Waals surface area contributed by atoms with Crippen LogP contribution < -0.4 is 0 Å². The fraction of sp³-hybridized carbons (Fsp3) is 1.00. The smallest absolute Gasteiger partial charge is 0.327 e. The summed E-state index contributed by atoms with van der Waals surface area (Å²) in [6.45, 7) is 10.0. The lowest BCUT2D eigenvalue weighted by Crippen LogP contribution is -2.34. The van der Waals surface area contributed by atoms with Crippen molar-refractivity contribution < 1.29 is 8.85 Å². The topological polar surface area (TPSA) is 18.5 Å². The third kappa shape index (κ3) is 6.97. The van der Waals surface area contributed by atoms with Gasteiger partial charge in [0.2, 0.25) is 0 Å². The first-order chi connectivity index (χ1) is 6.88. The van der Waals surface area contributed by atoms with Crippen LogP contribution in [0.25, 0.3) is 0 Å². The van der Waals surface area contributed by atoms with Crippen molar-refractivity contribution in [2.45, 2.75) is 58.4 Å². The van der Waals surface area contributed by atoms with Crippen LogP contribution in [0.15, 0.2) is 0 Å². The summed E-state index contributed by atoms with van der Waals surface area (Å²) in [5.74, 6) is 0. The van der Waals surface area contributed by atoms with Crippen LogP contribution >= 0.6 is 22.2 Å². The summed E-state index contributed by atoms with van der Waals surface area (Å²) in [6.07, 6.45) is 1.25. The molecule has 90 valence electrons. The van der Waals surface area contributed by atoms with Crippen LogP contribution in [0.5, 0.6) is 0 Å². The molecule has 0 heterocycles. The van der Waals surface area contributed by atoms with Crippen LogP contribution in [-0.4, -0.2) is 28.9 Å². The highest BCUT2D eigenvalue weighted by Gasteiger charge is 2.34. The van der Waals surface area contributed by atoms with Gasteiger partial charge in [0.25, 0.3) is 0 Å². The molecule has 0 aromatic carbocycles. The highest BCUT2D eigenvalue weighted by atomic mass is 35.6. The van der Waals surface area contributed by atoms with Crippen molar-refractivity contribution in [1.82, 2.24) is 0 Å². The molecule has 0 N–H and O–H groups in total. The predicted molar refractivity (Wildman–Crippen MR) is 69.7 cm³/mol. The first-order valence-electron chi connectivity index (χ1n) is 5.26. The molecule has 15 heavy (non-hydrogen) atoms. The SMILES string of the molecule is CCC([Si](Cl)OC(C)C)[Si](Cl)OC(C)C. The number of rotatable bonds is 7. The normalized spacial score (nSPS) is 12.8. The molecule has 0 amide bonds. The Bertz CT molecular complexity index is 154. The van der Waals surface area contributed by atoms with Crippen molar-refractivity contribution >= 4 is 38.9 Å². The van der Waals surface area contributed by atoms with Gasteiger partial charge in [-0.25, -0.2) is 0 Å². The number of halogens is 2. The van der Waals surface area contributed by atoms with Crippen LogP contribution in [0, 0.1) is 0 Å². The van der Waals surface area contributed by atoms with E-state index in [0.29, 0.717) is 0 Å². The second-order valence-electron chi connectivity index (χ2n) is 3.90. The molecule has 2 nitrogen and oxygen atoms in total. The Labute approximate surface area is 106 Å². The fourth-order valence-corrected chi connectivity index (χ4v) is 8.30. The molecule has 0 aliphatic heterocycles. The molecule has 0 saturated carbocycles. The Balaban J connectivity index is 4.20. The molecule has 0 unspecified atom stereocenters. The van der Waals surface area contributed by atoms with E-state index in [1.54, 1.807) is 0 Å². The third-order valence-electron chi connectivity index (χ3n) is 1.65. The van der Waals surface area contributed by atoms with Crippen LogP contribution in [0.1, 0.15) is 41.0 Å². The molecular weight excluding hydrogens is 267 g/mol. The monoisotopic (exact) mass is 286 g/mol. The zero-order chi connectivity index (χ0) is 12.0. The van der Waals surface area contributed by atoms with Crippen molar-refractivity contribution in [1.29, 1.82) is 0 Å². The summed E-state index contributed by atoms with van der Waals surface area (Å²) < 4.78 is 11.3. The van der Waals surface area contributed by atoms with E-state index in [1.165, 1.54) is 0 Å². The first kappa shape index (κ1) is 15.9. The molecule has 2 radical (unpaired) electrons. The summed E-state index contributed by atoms with van der Waals surface area (Å²) in [7, 11) is -2.72. The van der Waals surface area contributed by atoms with Crippen molar-refractivity contribution in [2.24, 2.45) is 0 Å². The molecule has 0 aliphatic rings. The second kappa shape index (κ2) is 8.09. The van der Waals surface area contributed by atoms with Gasteiger partial charge in [0, 0.05) is 17.4 Å². The average Bonchev–Trinajstić information content (AvgIpc) is 2.01. The average molecular weight is 287 g/mol. The van der Waals surface area contributed by atoms with Gasteiger partial charge in [-0.2, -0.15) is 0 Å². The summed E-state index contributed by atoms with van der Waals surface area (Å²) >= 11 is 12.5. The maximum Gasteiger partial charge on any atom is 0.327 e. The largest absolute Gasteiger partial charge is 0.400 e. The Hall–Kier alpha value is 0.934. The molecule has 0 saturated heterocycles. The van der Waals surface area contributed by atoms with E-state index in [-0.39, 0.29) is 17.4 Å². The highest BCUT2D eigenvalue weighted by molar-refractivity contribution is 7.16. The zero-order valence-electron chi connectivity index (χ0n) is 10.0. The van der Waals surface area contributed by atoms with Crippen molar-refractivity contribution in [3.8, 4) is 0 Å². The molecule has 0 spiro atoms. The van der Waals surface area contributed by atoms with Gasteiger partial charge in [-0.15, -0.1) is 22.2 Å². The number of hydrogen-bond donors (Lipinski definition) is 0. The summed E-state index contributed by atoms with van der Waals surface area (Å²) in [5.41, 5.74) is 0. The first-order valence-corrected chi connectivity index (χ1v) is 10.3. The molecule has 0 aliphatic carbocycles. The minimum Gasteiger partial charge on any atom is -0.400 e. The van der Waals surface area contributed by atoms with Crippen molar-refractivity contribution in [2.75, 3.05) is 0 Å². The molecule has 0 aromatic rings. The van der Waals surface area contributed by atoms with Crippen LogP contribution in [0.4, 0.5) is 0 Å². The van der Waals surface area contributed by atoms with Gasteiger partial charge < -0.3 is 8.85 Å². The van der Waals surface area contributed by atoms with Gasteiger partial charge in [0.15, 0.2) is 0 Å². The summed E-state index contributed by atoms with van der Waals surface area (Å²) in [5, 5.41) is 0.216. The summed E-state index contributed by atoms with van der Waals surface area (Å²) in [6, 6.07) is 0. The quantitative estimate of drug-likeness (QED) is 0.526. The lowest BCUT2D eigenvalue weighted by atomic mass is 10.5. The predicted octanol–water partition coefficient (Wildman–Crippen LogP) is 3.61. The molecule has 0 bridgehead atoms. The molecule has 0 aromatic heterocycles. The van der Waals surface area contributed by atoms with Gasteiger partial charge in [-0.1, -0.05) is 13.3 Å². The molecule has 6 heteroatoms. The molecule has 0 atom stereocenters. The standard InChI is InChI=1S/C9H20Cl2O2Si2/c1-6-9(14(10)12-7(2)3)15(11)13-8(4)5/h7-9H,6H2,1-5H3. The van der Waals surface area contributed by atoms with E-state index in [0.717, 1.165) is 6.42 Å². The minimum atomic E-state index is -1.36. The van der Waals surface area contributed by atoms with Gasteiger partial charge in [-0.3, -0.25) is 0 Å².